The SMILES string of the molecule is C[C@H](CNC(=O)N1CCN(c2cnn(C)c2)C(=O)C1)Cn1cccn1. The van der Waals surface area contributed by atoms with Crippen molar-refractivity contribution in [1.29, 1.82) is 0 Å². The Hall–Kier alpha value is -2.84. The monoisotopic (exact) mass is 345 g/mol. The maximum absolute atomic E-state index is 12.3. The normalized spacial score (nSPS) is 16.2. The highest BCUT2D eigenvalue weighted by Gasteiger charge is 2.28. The fraction of sp³-hybridized carbons (Fsp3) is 0.500. The number of carbonyl (C=O) groups excluding carboxylic acids is 2. The average Bonchev–Trinajstić information content (AvgIpc) is 3.24. The molecule has 3 amide bonds. The molecule has 1 fully saturated rings. The Bertz CT molecular complexity index is 725. The maximum atomic E-state index is 12.3. The summed E-state index contributed by atoms with van der Waals surface area (Å²) in [7, 11) is 1.81. The molecule has 1 aliphatic rings. The lowest BCUT2D eigenvalue weighted by atomic mass is 10.2. The van der Waals surface area contributed by atoms with Gasteiger partial charge in [0.2, 0.25) is 5.91 Å². The zero-order valence-corrected chi connectivity index (χ0v) is 14.5. The smallest absolute Gasteiger partial charge is 0.317 e. The Labute approximate surface area is 146 Å². The minimum absolute atomic E-state index is 0.0776. The summed E-state index contributed by atoms with van der Waals surface area (Å²) in [6.45, 7) is 4.37. The first-order valence-corrected chi connectivity index (χ1v) is 8.32. The Morgan fingerprint density at radius 2 is 2.20 bits per heavy atom. The second-order valence-electron chi connectivity index (χ2n) is 6.36. The van der Waals surface area contributed by atoms with Crippen molar-refractivity contribution in [3.63, 3.8) is 0 Å². The number of rotatable bonds is 5. The van der Waals surface area contributed by atoms with E-state index in [9.17, 15) is 9.59 Å². The molecular formula is C16H23N7O2. The standard InChI is InChI=1S/C16H23N7O2/c1-13(10-22-5-3-4-18-22)8-17-16(25)21-6-7-23(15(24)12-21)14-9-19-20(2)11-14/h3-5,9,11,13H,6-8,10,12H2,1-2H3,(H,17,25)/t13-/m1/s1. The van der Waals surface area contributed by atoms with Gasteiger partial charge in [0.05, 0.1) is 11.9 Å². The highest BCUT2D eigenvalue weighted by molar-refractivity contribution is 5.97. The number of hydrogen-bond acceptors (Lipinski definition) is 4. The summed E-state index contributed by atoms with van der Waals surface area (Å²) in [4.78, 5) is 27.8. The van der Waals surface area contributed by atoms with Crippen LogP contribution in [0.2, 0.25) is 0 Å². The predicted molar refractivity (Wildman–Crippen MR) is 91.9 cm³/mol. The van der Waals surface area contributed by atoms with Crippen molar-refractivity contribution in [3.8, 4) is 0 Å². The highest BCUT2D eigenvalue weighted by atomic mass is 16.2. The zero-order valence-electron chi connectivity index (χ0n) is 14.5. The van der Waals surface area contributed by atoms with E-state index in [1.165, 1.54) is 0 Å². The van der Waals surface area contributed by atoms with Crippen LogP contribution in [0.15, 0.2) is 30.9 Å². The minimum atomic E-state index is -0.202. The Kier molecular flexibility index (Phi) is 5.01. The molecule has 1 aliphatic heterocycles. The quantitative estimate of drug-likeness (QED) is 0.845. The number of piperazine rings is 1. The van der Waals surface area contributed by atoms with Crippen LogP contribution >= 0.6 is 0 Å². The number of aryl methyl sites for hydroxylation is 1. The van der Waals surface area contributed by atoms with E-state index in [0.717, 1.165) is 12.2 Å². The highest BCUT2D eigenvalue weighted by Crippen LogP contribution is 2.16. The van der Waals surface area contributed by atoms with Gasteiger partial charge in [0.25, 0.3) is 0 Å². The van der Waals surface area contributed by atoms with Crippen LogP contribution in [0.25, 0.3) is 0 Å². The lowest BCUT2D eigenvalue weighted by Crippen LogP contribution is -2.55. The van der Waals surface area contributed by atoms with Crippen molar-refractivity contribution in [2.75, 3.05) is 31.1 Å². The summed E-state index contributed by atoms with van der Waals surface area (Å²) in [5, 5.41) is 11.1. The van der Waals surface area contributed by atoms with Gasteiger partial charge in [0.1, 0.15) is 6.54 Å². The molecule has 0 saturated carbocycles. The topological polar surface area (TPSA) is 88.3 Å². The van der Waals surface area contributed by atoms with Crippen molar-refractivity contribution in [1.82, 2.24) is 29.8 Å². The number of nitrogens with one attached hydrogen (secondary N) is 1. The van der Waals surface area contributed by atoms with E-state index in [2.05, 4.69) is 15.5 Å². The number of urea groups is 1. The van der Waals surface area contributed by atoms with E-state index in [0.29, 0.717) is 19.6 Å². The first-order chi connectivity index (χ1) is 12.0. The molecule has 1 saturated heterocycles. The molecule has 25 heavy (non-hydrogen) atoms. The van der Waals surface area contributed by atoms with Gasteiger partial charge in [-0.05, 0) is 12.0 Å². The van der Waals surface area contributed by atoms with E-state index < -0.39 is 0 Å². The molecule has 0 bridgehead atoms. The molecule has 1 atom stereocenters. The largest absolute Gasteiger partial charge is 0.338 e. The maximum Gasteiger partial charge on any atom is 0.317 e. The van der Waals surface area contributed by atoms with Gasteiger partial charge in [-0.2, -0.15) is 10.2 Å². The van der Waals surface area contributed by atoms with Crippen molar-refractivity contribution in [2.45, 2.75) is 13.5 Å². The number of aromatic nitrogens is 4. The van der Waals surface area contributed by atoms with Gasteiger partial charge in [-0.15, -0.1) is 0 Å². The summed E-state index contributed by atoms with van der Waals surface area (Å²) in [6, 6.07) is 1.67. The summed E-state index contributed by atoms with van der Waals surface area (Å²) in [5.41, 5.74) is 0.764. The number of amides is 3. The molecule has 2 aromatic heterocycles. The summed E-state index contributed by atoms with van der Waals surface area (Å²) in [5.74, 6) is 0.148. The van der Waals surface area contributed by atoms with Gasteiger partial charge in [0, 0.05) is 51.8 Å². The van der Waals surface area contributed by atoms with Crippen LogP contribution in [-0.2, 0) is 18.4 Å². The van der Waals surface area contributed by atoms with E-state index in [1.807, 2.05) is 30.9 Å². The van der Waals surface area contributed by atoms with E-state index in [-0.39, 0.29) is 24.4 Å². The van der Waals surface area contributed by atoms with Crippen molar-refractivity contribution in [2.24, 2.45) is 13.0 Å². The molecule has 0 radical (unpaired) electrons. The molecule has 9 heteroatoms. The first-order valence-electron chi connectivity index (χ1n) is 8.32. The summed E-state index contributed by atoms with van der Waals surface area (Å²) >= 11 is 0. The molecule has 3 rings (SSSR count). The lowest BCUT2D eigenvalue weighted by Gasteiger charge is -2.33. The van der Waals surface area contributed by atoms with E-state index in [1.54, 1.807) is 33.1 Å². The number of anilines is 1. The molecule has 0 unspecified atom stereocenters. The van der Waals surface area contributed by atoms with Crippen LogP contribution in [0, 0.1) is 5.92 Å². The molecule has 3 heterocycles. The second kappa shape index (κ2) is 7.37. The molecule has 0 spiro atoms. The Balaban J connectivity index is 1.46. The van der Waals surface area contributed by atoms with Crippen LogP contribution in [0.5, 0.6) is 0 Å². The molecule has 0 aromatic carbocycles. The fourth-order valence-electron chi connectivity index (χ4n) is 2.83. The molecule has 1 N–H and O–H groups in total. The molecule has 2 aromatic rings. The summed E-state index contributed by atoms with van der Waals surface area (Å²) in [6.07, 6.45) is 7.09. The van der Waals surface area contributed by atoms with Crippen LogP contribution in [-0.4, -0.2) is 62.6 Å². The lowest BCUT2D eigenvalue weighted by molar-refractivity contribution is -0.120. The van der Waals surface area contributed by atoms with E-state index >= 15 is 0 Å². The minimum Gasteiger partial charge on any atom is -0.338 e. The fourth-order valence-corrected chi connectivity index (χ4v) is 2.83. The zero-order chi connectivity index (χ0) is 17.8. The third-order valence-electron chi connectivity index (χ3n) is 4.17. The van der Waals surface area contributed by atoms with E-state index in [4.69, 9.17) is 0 Å². The first kappa shape index (κ1) is 17.0. The van der Waals surface area contributed by atoms with Crippen LogP contribution < -0.4 is 10.2 Å². The van der Waals surface area contributed by atoms with Crippen molar-refractivity contribution in [3.05, 3.63) is 30.9 Å². The van der Waals surface area contributed by atoms with Gasteiger partial charge in [0.15, 0.2) is 0 Å². The molecule has 9 nitrogen and oxygen atoms in total. The second-order valence-corrected chi connectivity index (χ2v) is 6.36. The van der Waals surface area contributed by atoms with Crippen LogP contribution in [0.4, 0.5) is 10.5 Å². The van der Waals surface area contributed by atoms with Crippen molar-refractivity contribution < 1.29 is 9.59 Å². The third kappa shape index (κ3) is 4.17. The van der Waals surface area contributed by atoms with Gasteiger partial charge >= 0.3 is 6.03 Å². The van der Waals surface area contributed by atoms with Crippen LogP contribution in [0.1, 0.15) is 6.92 Å². The Morgan fingerprint density at radius 1 is 1.36 bits per heavy atom. The van der Waals surface area contributed by atoms with Gasteiger partial charge < -0.3 is 15.1 Å². The van der Waals surface area contributed by atoms with Crippen LogP contribution in [0.3, 0.4) is 0 Å². The molecular weight excluding hydrogens is 322 g/mol. The molecule has 134 valence electrons. The number of carbonyl (C=O) groups is 2. The predicted octanol–water partition coefficient (Wildman–Crippen LogP) is 0.311. The number of hydrogen-bond donors (Lipinski definition) is 1. The van der Waals surface area contributed by atoms with Gasteiger partial charge in [-0.25, -0.2) is 4.79 Å². The van der Waals surface area contributed by atoms with Crippen molar-refractivity contribution >= 4 is 17.6 Å². The average molecular weight is 345 g/mol. The van der Waals surface area contributed by atoms with Gasteiger partial charge in [-0.3, -0.25) is 14.2 Å². The Morgan fingerprint density at radius 3 is 2.84 bits per heavy atom. The molecule has 0 aliphatic carbocycles. The van der Waals surface area contributed by atoms with Gasteiger partial charge in [-0.1, -0.05) is 6.92 Å². The summed E-state index contributed by atoms with van der Waals surface area (Å²) < 4.78 is 3.50. The number of nitrogens with zero attached hydrogens (tertiary/aromatic N) is 6. The third-order valence-corrected chi connectivity index (χ3v) is 4.17.